The predicted octanol–water partition coefficient (Wildman–Crippen LogP) is 2.55. The molecule has 6 heteroatoms. The Hall–Kier alpha value is -1.11. The van der Waals surface area contributed by atoms with E-state index in [0.717, 1.165) is 51.9 Å². The van der Waals surface area contributed by atoms with E-state index in [9.17, 15) is 0 Å². The number of nitrogens with zero attached hydrogens (tertiary/aromatic N) is 2. The van der Waals surface area contributed by atoms with Crippen LogP contribution in [0.3, 0.4) is 0 Å². The van der Waals surface area contributed by atoms with E-state index in [4.69, 9.17) is 9.73 Å². The SMILES string of the molecule is CCNC(=NCc1ccsc1)NCC(CC(C)C)N1CCOCC1. The largest absolute Gasteiger partial charge is 0.379 e. The number of morpholine rings is 1. The van der Waals surface area contributed by atoms with E-state index in [1.54, 1.807) is 11.3 Å². The summed E-state index contributed by atoms with van der Waals surface area (Å²) >= 11 is 1.72. The zero-order chi connectivity index (χ0) is 17.2. The zero-order valence-corrected chi connectivity index (χ0v) is 16.1. The molecular weight excluding hydrogens is 320 g/mol. The van der Waals surface area contributed by atoms with Crippen molar-refractivity contribution >= 4 is 17.3 Å². The van der Waals surface area contributed by atoms with Crippen molar-refractivity contribution in [1.29, 1.82) is 0 Å². The molecule has 1 aliphatic rings. The van der Waals surface area contributed by atoms with Crippen molar-refractivity contribution in [2.24, 2.45) is 10.9 Å². The van der Waals surface area contributed by atoms with Gasteiger partial charge in [0.05, 0.1) is 19.8 Å². The summed E-state index contributed by atoms with van der Waals surface area (Å²) in [5, 5.41) is 11.2. The smallest absolute Gasteiger partial charge is 0.191 e. The summed E-state index contributed by atoms with van der Waals surface area (Å²) in [5.74, 6) is 1.59. The summed E-state index contributed by atoms with van der Waals surface area (Å²) in [5.41, 5.74) is 1.27. The molecule has 0 aliphatic carbocycles. The average Bonchev–Trinajstić information content (AvgIpc) is 3.10. The third kappa shape index (κ3) is 6.79. The third-order valence-electron chi connectivity index (χ3n) is 4.15. The molecule has 2 N–H and O–H groups in total. The summed E-state index contributed by atoms with van der Waals surface area (Å²) in [6, 6.07) is 2.66. The number of hydrogen-bond acceptors (Lipinski definition) is 4. The molecule has 136 valence electrons. The van der Waals surface area contributed by atoms with Crippen molar-refractivity contribution < 1.29 is 4.74 Å². The summed E-state index contributed by atoms with van der Waals surface area (Å²) in [6.07, 6.45) is 1.19. The van der Waals surface area contributed by atoms with Gasteiger partial charge in [0.15, 0.2) is 5.96 Å². The second kappa shape index (κ2) is 10.7. The van der Waals surface area contributed by atoms with E-state index in [2.05, 4.69) is 53.1 Å². The molecule has 1 aromatic rings. The van der Waals surface area contributed by atoms with Crippen LogP contribution < -0.4 is 10.6 Å². The fourth-order valence-corrected chi connectivity index (χ4v) is 3.62. The Morgan fingerprint density at radius 1 is 1.33 bits per heavy atom. The molecule has 1 unspecified atom stereocenters. The maximum absolute atomic E-state index is 5.50. The second-order valence-corrected chi connectivity index (χ2v) is 7.42. The lowest BCUT2D eigenvalue weighted by Gasteiger charge is -2.35. The molecule has 2 rings (SSSR count). The quantitative estimate of drug-likeness (QED) is 0.558. The van der Waals surface area contributed by atoms with Crippen molar-refractivity contribution in [3.8, 4) is 0 Å². The van der Waals surface area contributed by atoms with Gasteiger partial charge in [-0.25, -0.2) is 4.99 Å². The Labute approximate surface area is 150 Å². The summed E-state index contributed by atoms with van der Waals surface area (Å²) in [4.78, 5) is 7.26. The molecule has 5 nitrogen and oxygen atoms in total. The molecule has 2 heterocycles. The van der Waals surface area contributed by atoms with Gasteiger partial charge in [-0.15, -0.1) is 0 Å². The standard InChI is InChI=1S/C18H32N4OS/c1-4-19-18(20-12-16-5-10-24-14-16)21-13-17(11-15(2)3)22-6-8-23-9-7-22/h5,10,14-15,17H,4,6-9,11-13H2,1-3H3,(H2,19,20,21). The third-order valence-corrected chi connectivity index (χ3v) is 4.89. The first-order chi connectivity index (χ1) is 11.7. The van der Waals surface area contributed by atoms with E-state index >= 15 is 0 Å². The van der Waals surface area contributed by atoms with Gasteiger partial charge in [-0.1, -0.05) is 13.8 Å². The monoisotopic (exact) mass is 352 g/mol. The molecule has 1 saturated heterocycles. The van der Waals surface area contributed by atoms with Gasteiger partial charge in [0.25, 0.3) is 0 Å². The number of ether oxygens (including phenoxy) is 1. The molecule has 0 bridgehead atoms. The van der Waals surface area contributed by atoms with Gasteiger partial charge < -0.3 is 15.4 Å². The van der Waals surface area contributed by atoms with Crippen LogP contribution in [0.15, 0.2) is 21.8 Å². The molecule has 0 radical (unpaired) electrons. The van der Waals surface area contributed by atoms with Crippen molar-refractivity contribution in [2.45, 2.75) is 39.8 Å². The van der Waals surface area contributed by atoms with Gasteiger partial charge in [0, 0.05) is 32.2 Å². The minimum atomic E-state index is 0.527. The lowest BCUT2D eigenvalue weighted by Crippen LogP contribution is -2.51. The van der Waals surface area contributed by atoms with Gasteiger partial charge in [-0.3, -0.25) is 4.90 Å². The van der Waals surface area contributed by atoms with Crippen LogP contribution >= 0.6 is 11.3 Å². The molecule has 1 aromatic heterocycles. The maximum atomic E-state index is 5.50. The molecule has 0 spiro atoms. The lowest BCUT2D eigenvalue weighted by atomic mass is 10.0. The summed E-state index contributed by atoms with van der Waals surface area (Å²) < 4.78 is 5.50. The number of aliphatic imine (C=N–C) groups is 1. The fourth-order valence-electron chi connectivity index (χ4n) is 2.96. The molecule has 24 heavy (non-hydrogen) atoms. The first kappa shape index (κ1) is 19.2. The van der Waals surface area contributed by atoms with Gasteiger partial charge in [0.2, 0.25) is 0 Å². The molecule has 0 amide bonds. The van der Waals surface area contributed by atoms with E-state index in [1.165, 1.54) is 12.0 Å². The Balaban J connectivity index is 1.91. The summed E-state index contributed by atoms with van der Waals surface area (Å²) in [6.45, 7) is 13.0. The van der Waals surface area contributed by atoms with Crippen LogP contribution in [0, 0.1) is 5.92 Å². The Morgan fingerprint density at radius 2 is 2.12 bits per heavy atom. The molecule has 0 aromatic carbocycles. The first-order valence-corrected chi connectivity index (χ1v) is 9.98. The van der Waals surface area contributed by atoms with Crippen LogP contribution in [0.1, 0.15) is 32.8 Å². The topological polar surface area (TPSA) is 48.9 Å². The normalized spacial score (nSPS) is 17.9. The van der Waals surface area contributed by atoms with Gasteiger partial charge in [-0.2, -0.15) is 11.3 Å². The average molecular weight is 353 g/mol. The number of rotatable bonds is 8. The van der Waals surface area contributed by atoms with Crippen LogP contribution in [-0.2, 0) is 11.3 Å². The number of nitrogens with one attached hydrogen (secondary N) is 2. The van der Waals surface area contributed by atoms with Crippen LogP contribution in [0.4, 0.5) is 0 Å². The van der Waals surface area contributed by atoms with Crippen LogP contribution in [0.25, 0.3) is 0 Å². The minimum Gasteiger partial charge on any atom is -0.379 e. The van der Waals surface area contributed by atoms with Gasteiger partial charge >= 0.3 is 0 Å². The second-order valence-electron chi connectivity index (χ2n) is 6.64. The van der Waals surface area contributed by atoms with Crippen molar-refractivity contribution in [3.05, 3.63) is 22.4 Å². The maximum Gasteiger partial charge on any atom is 0.191 e. The highest BCUT2D eigenvalue weighted by Crippen LogP contribution is 2.13. The van der Waals surface area contributed by atoms with E-state index < -0.39 is 0 Å². The van der Waals surface area contributed by atoms with E-state index in [1.807, 2.05) is 0 Å². The molecule has 1 fully saturated rings. The summed E-state index contributed by atoms with van der Waals surface area (Å²) in [7, 11) is 0. The Bertz CT molecular complexity index is 469. The predicted molar refractivity (Wildman–Crippen MR) is 103 cm³/mol. The van der Waals surface area contributed by atoms with Crippen LogP contribution in [0.5, 0.6) is 0 Å². The number of hydrogen-bond donors (Lipinski definition) is 2. The molecule has 0 saturated carbocycles. The van der Waals surface area contributed by atoms with Crippen molar-refractivity contribution in [3.63, 3.8) is 0 Å². The molecule has 1 atom stereocenters. The van der Waals surface area contributed by atoms with Gasteiger partial charge in [0.1, 0.15) is 0 Å². The zero-order valence-electron chi connectivity index (χ0n) is 15.3. The van der Waals surface area contributed by atoms with E-state index in [0.29, 0.717) is 12.0 Å². The Morgan fingerprint density at radius 3 is 2.75 bits per heavy atom. The Kier molecular flexibility index (Phi) is 8.56. The highest BCUT2D eigenvalue weighted by atomic mass is 32.1. The highest BCUT2D eigenvalue weighted by molar-refractivity contribution is 7.07. The van der Waals surface area contributed by atoms with E-state index in [-0.39, 0.29) is 0 Å². The fraction of sp³-hybridized carbons (Fsp3) is 0.722. The first-order valence-electron chi connectivity index (χ1n) is 9.04. The molecule has 1 aliphatic heterocycles. The van der Waals surface area contributed by atoms with Gasteiger partial charge in [-0.05, 0) is 41.7 Å². The van der Waals surface area contributed by atoms with Crippen LogP contribution in [0.2, 0.25) is 0 Å². The lowest BCUT2D eigenvalue weighted by molar-refractivity contribution is 0.0132. The van der Waals surface area contributed by atoms with Crippen molar-refractivity contribution in [2.75, 3.05) is 39.4 Å². The number of guanidine groups is 1. The molecular formula is C18H32N4OS. The van der Waals surface area contributed by atoms with Crippen LogP contribution in [-0.4, -0.2) is 56.3 Å². The number of thiophene rings is 1. The minimum absolute atomic E-state index is 0.527. The van der Waals surface area contributed by atoms with Crippen molar-refractivity contribution in [1.82, 2.24) is 15.5 Å². The highest BCUT2D eigenvalue weighted by Gasteiger charge is 2.22.